The molecule has 1 saturated heterocycles. The first-order valence-corrected chi connectivity index (χ1v) is 14.9. The first-order valence-electron chi connectivity index (χ1n) is 14.9. The number of carbonyl (C=O) groups is 6. The van der Waals surface area contributed by atoms with E-state index in [2.05, 4.69) is 31.6 Å². The van der Waals surface area contributed by atoms with Gasteiger partial charge < -0.3 is 43.2 Å². The van der Waals surface area contributed by atoms with Gasteiger partial charge in [-0.05, 0) is 24.0 Å². The normalized spacial score (nSPS) is 22.6. The van der Waals surface area contributed by atoms with Crippen molar-refractivity contribution in [2.24, 2.45) is 16.5 Å². The third kappa shape index (κ3) is 10.7. The fraction of sp³-hybridized carbons (Fsp3) is 0.387. The molecular weight excluding hydrogens is 634 g/mol. The van der Waals surface area contributed by atoms with E-state index in [1.54, 1.807) is 48.5 Å². The number of nitrogens with one attached hydrogen (secondary N) is 5. The fourth-order valence-corrected chi connectivity index (χ4v) is 4.95. The lowest BCUT2D eigenvalue weighted by Gasteiger charge is -2.35. The molecule has 258 valence electrons. The van der Waals surface area contributed by atoms with E-state index in [-0.39, 0.29) is 37.3 Å². The molecule has 1 aliphatic heterocycles. The number of aliphatic carboxylic acids is 1. The van der Waals surface area contributed by atoms with Gasteiger partial charge >= 0.3 is 5.97 Å². The van der Waals surface area contributed by atoms with Crippen molar-refractivity contribution < 1.29 is 42.7 Å². The summed E-state index contributed by atoms with van der Waals surface area (Å²) in [6, 6.07) is 11.0. The van der Waals surface area contributed by atoms with Gasteiger partial charge in [0.2, 0.25) is 23.6 Å². The summed E-state index contributed by atoms with van der Waals surface area (Å²) in [7, 11) is 0. The number of aliphatic imine (C=N–C) groups is 1. The van der Waals surface area contributed by atoms with E-state index in [1.807, 2.05) is 0 Å². The Morgan fingerprint density at radius 1 is 0.854 bits per heavy atom. The lowest BCUT2D eigenvalue weighted by molar-refractivity contribution is -0.144. The van der Waals surface area contributed by atoms with Gasteiger partial charge in [-0.1, -0.05) is 60.7 Å². The highest BCUT2D eigenvalue weighted by molar-refractivity contribution is 5.99. The van der Waals surface area contributed by atoms with Gasteiger partial charge in [-0.25, -0.2) is 8.78 Å². The average molecular weight is 673 g/mol. The minimum absolute atomic E-state index is 0.00895. The Kier molecular flexibility index (Phi) is 13.3. The standard InChI is InChI=1S/C31H38F2N8O7/c32-28(33)31(16-19-10-5-2-6-11-19)29(48)40-20(12-7-13-36-30(34)35)25(45)37-17-23(42)38-22(15-24(43)44)26(46)39-21(27(47)41-31)14-18-8-3-1-4-9-18/h1-6,8-11,20-22,28H,7,12-17H2,(H,37,45)(H,38,42)(H,39,46)(H,40,48)(H,41,47)(H,43,44)(H4,34,35,36)/t20-,21+,22-,31?/m0/s1. The number of halogens is 2. The molecule has 17 heteroatoms. The quantitative estimate of drug-likeness (QED) is 0.0802. The molecule has 5 amide bonds. The highest BCUT2D eigenvalue weighted by Gasteiger charge is 2.50. The van der Waals surface area contributed by atoms with Crippen molar-refractivity contribution in [3.05, 3.63) is 71.8 Å². The Bertz CT molecular complexity index is 1490. The minimum atomic E-state index is -3.54. The summed E-state index contributed by atoms with van der Waals surface area (Å²) in [6.07, 6.45) is -5.52. The Balaban J connectivity index is 2.13. The van der Waals surface area contributed by atoms with Crippen LogP contribution in [-0.4, -0.2) is 89.8 Å². The predicted octanol–water partition coefficient (Wildman–Crippen LogP) is -1.30. The Morgan fingerprint density at radius 3 is 2.06 bits per heavy atom. The molecule has 48 heavy (non-hydrogen) atoms. The maximum Gasteiger partial charge on any atom is 0.305 e. The van der Waals surface area contributed by atoms with Gasteiger partial charge in [-0.15, -0.1) is 0 Å². The lowest BCUT2D eigenvalue weighted by Crippen LogP contribution is -2.69. The number of rotatable bonds is 11. The minimum Gasteiger partial charge on any atom is -0.481 e. The van der Waals surface area contributed by atoms with Crippen molar-refractivity contribution >= 4 is 41.5 Å². The monoisotopic (exact) mass is 672 g/mol. The number of benzene rings is 2. The van der Waals surface area contributed by atoms with Gasteiger partial charge in [0.1, 0.15) is 18.1 Å². The van der Waals surface area contributed by atoms with Crippen molar-refractivity contribution in [2.75, 3.05) is 13.1 Å². The van der Waals surface area contributed by atoms with Gasteiger partial charge in [0.25, 0.3) is 12.3 Å². The van der Waals surface area contributed by atoms with E-state index < -0.39 is 85.0 Å². The van der Waals surface area contributed by atoms with Crippen LogP contribution in [0.25, 0.3) is 0 Å². The summed E-state index contributed by atoms with van der Waals surface area (Å²) >= 11 is 0. The number of hydrogen-bond acceptors (Lipinski definition) is 7. The van der Waals surface area contributed by atoms with E-state index in [9.17, 15) is 33.9 Å². The molecule has 4 atom stereocenters. The molecular formula is C31H38F2N8O7. The van der Waals surface area contributed by atoms with Gasteiger partial charge in [0.05, 0.1) is 13.0 Å². The van der Waals surface area contributed by atoms with Gasteiger partial charge in [-0.3, -0.25) is 33.8 Å². The van der Waals surface area contributed by atoms with Crippen LogP contribution in [0.2, 0.25) is 0 Å². The molecule has 0 aliphatic carbocycles. The second kappa shape index (κ2) is 17.3. The van der Waals surface area contributed by atoms with Crippen molar-refractivity contribution in [2.45, 2.75) is 62.2 Å². The van der Waals surface area contributed by atoms with Crippen molar-refractivity contribution in [3.63, 3.8) is 0 Å². The highest BCUT2D eigenvalue weighted by Crippen LogP contribution is 2.24. The van der Waals surface area contributed by atoms with E-state index in [0.29, 0.717) is 5.56 Å². The summed E-state index contributed by atoms with van der Waals surface area (Å²) in [5, 5.41) is 20.7. The SMILES string of the molecule is NC(N)=NCCC[C@@H]1NC(=O)C(Cc2ccccc2)(C(F)F)NC(=O)[C@@H](Cc2ccccc2)NC(=O)[C@H](CC(=O)O)NC(=O)CNC1=O. The Morgan fingerprint density at radius 2 is 1.48 bits per heavy atom. The number of nitrogens with two attached hydrogens (primary N) is 2. The van der Waals surface area contributed by atoms with Crippen LogP contribution in [0.5, 0.6) is 0 Å². The topological polar surface area (TPSA) is 247 Å². The number of alkyl halides is 2. The molecule has 15 nitrogen and oxygen atoms in total. The first-order chi connectivity index (χ1) is 22.8. The zero-order chi connectivity index (χ0) is 35.3. The number of carboxylic acids is 1. The molecule has 0 bridgehead atoms. The molecule has 0 spiro atoms. The highest BCUT2D eigenvalue weighted by atomic mass is 19.3. The maximum atomic E-state index is 15.3. The second-order valence-electron chi connectivity index (χ2n) is 11.1. The van der Waals surface area contributed by atoms with E-state index >= 15 is 8.78 Å². The average Bonchev–Trinajstić information content (AvgIpc) is 3.04. The number of hydrogen-bond donors (Lipinski definition) is 8. The number of carbonyl (C=O) groups excluding carboxylic acids is 5. The van der Waals surface area contributed by atoms with Crippen molar-refractivity contribution in [1.29, 1.82) is 0 Å². The summed E-state index contributed by atoms with van der Waals surface area (Å²) in [5.74, 6) is -7.39. The lowest BCUT2D eigenvalue weighted by atomic mass is 9.88. The van der Waals surface area contributed by atoms with Crippen molar-refractivity contribution in [3.8, 4) is 0 Å². The maximum absolute atomic E-state index is 15.3. The van der Waals surface area contributed by atoms with E-state index in [4.69, 9.17) is 11.5 Å². The Labute approximate surface area is 274 Å². The predicted molar refractivity (Wildman–Crippen MR) is 168 cm³/mol. The summed E-state index contributed by atoms with van der Waals surface area (Å²) < 4.78 is 30.6. The number of amides is 5. The number of carboxylic acid groups (broad SMARTS) is 1. The molecule has 0 aromatic heterocycles. The van der Waals surface area contributed by atoms with Gasteiger partial charge in [0.15, 0.2) is 11.5 Å². The van der Waals surface area contributed by atoms with Crippen LogP contribution in [0.1, 0.15) is 30.4 Å². The van der Waals surface area contributed by atoms with E-state index in [1.165, 1.54) is 12.1 Å². The zero-order valence-electron chi connectivity index (χ0n) is 25.8. The molecule has 2 aromatic carbocycles. The molecule has 1 fully saturated rings. The van der Waals surface area contributed by atoms with Gasteiger partial charge in [0, 0.05) is 19.4 Å². The largest absolute Gasteiger partial charge is 0.481 e. The fourth-order valence-electron chi connectivity index (χ4n) is 4.95. The van der Waals surface area contributed by atoms with Crippen molar-refractivity contribution in [1.82, 2.24) is 26.6 Å². The van der Waals surface area contributed by atoms with Gasteiger partial charge in [-0.2, -0.15) is 0 Å². The summed E-state index contributed by atoms with van der Waals surface area (Å²) in [6.45, 7) is -0.758. The van der Waals surface area contributed by atoms with Crippen LogP contribution in [0.15, 0.2) is 65.7 Å². The molecule has 2 aromatic rings. The summed E-state index contributed by atoms with van der Waals surface area (Å²) in [5.41, 5.74) is 8.44. The second-order valence-corrected chi connectivity index (χ2v) is 11.1. The Hall–Kier alpha value is -5.61. The van der Waals surface area contributed by atoms with Crippen LogP contribution < -0.4 is 38.1 Å². The molecule has 1 aliphatic rings. The smallest absolute Gasteiger partial charge is 0.305 e. The number of nitrogens with zero attached hydrogens (tertiary/aromatic N) is 1. The molecule has 3 rings (SSSR count). The van der Waals surface area contributed by atoms with Crippen LogP contribution >= 0.6 is 0 Å². The van der Waals surface area contributed by atoms with Crippen LogP contribution in [0.3, 0.4) is 0 Å². The third-order valence-electron chi connectivity index (χ3n) is 7.39. The van der Waals surface area contributed by atoms with E-state index in [0.717, 1.165) is 0 Å². The molecule has 10 N–H and O–H groups in total. The first kappa shape index (κ1) is 36.9. The molecule has 1 heterocycles. The van der Waals surface area contributed by atoms with Crippen LogP contribution in [0.4, 0.5) is 8.78 Å². The molecule has 0 saturated carbocycles. The van der Waals surface area contributed by atoms with Crippen LogP contribution in [-0.2, 0) is 41.6 Å². The molecule has 1 unspecified atom stereocenters. The van der Waals surface area contributed by atoms with Crippen LogP contribution in [0, 0.1) is 0 Å². The third-order valence-corrected chi connectivity index (χ3v) is 7.39. The molecule has 0 radical (unpaired) electrons. The zero-order valence-corrected chi connectivity index (χ0v) is 25.8. The number of guanidine groups is 1. The summed E-state index contributed by atoms with van der Waals surface area (Å²) in [4.78, 5) is 82.5.